The van der Waals surface area contributed by atoms with Crippen LogP contribution in [0.25, 0.3) is 5.65 Å². The molecule has 4 rings (SSSR count). The van der Waals surface area contributed by atoms with Gasteiger partial charge in [0, 0.05) is 34.8 Å². The van der Waals surface area contributed by atoms with Crippen LogP contribution in [-0.4, -0.2) is 52.3 Å². The van der Waals surface area contributed by atoms with Crippen molar-refractivity contribution in [3.63, 3.8) is 0 Å². The zero-order chi connectivity index (χ0) is 27.2. The average Bonchev–Trinajstić information content (AvgIpc) is 2.90. The molecule has 0 bridgehead atoms. The van der Waals surface area contributed by atoms with Gasteiger partial charge in [-0.05, 0) is 87.9 Å². The minimum atomic E-state index is -0.342. The minimum Gasteiger partial charge on any atom is -0.330 e. The number of halogens is 1. The van der Waals surface area contributed by atoms with Crippen LogP contribution >= 0.6 is 15.9 Å². The van der Waals surface area contributed by atoms with Crippen molar-refractivity contribution in [3.8, 4) is 0 Å². The van der Waals surface area contributed by atoms with Crippen molar-refractivity contribution in [2.24, 2.45) is 0 Å². The Labute approximate surface area is 233 Å². The number of aryl methyl sites for hydroxylation is 1. The van der Waals surface area contributed by atoms with E-state index in [-0.39, 0.29) is 17.5 Å². The van der Waals surface area contributed by atoms with Gasteiger partial charge in [-0.1, -0.05) is 53.2 Å². The Bertz CT molecular complexity index is 1450. The van der Waals surface area contributed by atoms with Gasteiger partial charge in [0.05, 0.1) is 11.7 Å². The molecule has 4 aromatic rings. The maximum atomic E-state index is 14.0. The Morgan fingerprint density at radius 1 is 1.03 bits per heavy atom. The number of hydrogen-bond donors (Lipinski definition) is 0. The highest BCUT2D eigenvalue weighted by Crippen LogP contribution is 2.29. The third-order valence-corrected chi connectivity index (χ3v) is 7.30. The number of carbonyl (C=O) groups excluding carboxylic acids is 1. The normalized spacial score (nSPS) is 12.2. The van der Waals surface area contributed by atoms with E-state index in [0.29, 0.717) is 41.9 Å². The third kappa shape index (κ3) is 6.40. The Balaban J connectivity index is 1.87. The van der Waals surface area contributed by atoms with Gasteiger partial charge in [-0.25, -0.2) is 4.98 Å². The molecule has 0 saturated heterocycles. The molecule has 0 aliphatic carbocycles. The summed E-state index contributed by atoms with van der Waals surface area (Å²) in [5.74, 6) is -0.0555. The largest absolute Gasteiger partial charge is 0.330 e. The van der Waals surface area contributed by atoms with Crippen molar-refractivity contribution < 1.29 is 4.79 Å². The first-order valence-corrected chi connectivity index (χ1v) is 13.8. The van der Waals surface area contributed by atoms with E-state index in [4.69, 9.17) is 4.98 Å². The summed E-state index contributed by atoms with van der Waals surface area (Å²) in [5, 5.41) is 0. The van der Waals surface area contributed by atoms with E-state index in [1.807, 2.05) is 92.6 Å². The molecule has 6 nitrogen and oxygen atoms in total. The lowest BCUT2D eigenvalue weighted by Crippen LogP contribution is -2.39. The Morgan fingerprint density at radius 3 is 2.39 bits per heavy atom. The van der Waals surface area contributed by atoms with E-state index < -0.39 is 0 Å². The summed E-state index contributed by atoms with van der Waals surface area (Å²) in [6, 6.07) is 20.9. The topological polar surface area (TPSA) is 57.9 Å². The molecule has 0 radical (unpaired) electrons. The first kappa shape index (κ1) is 27.7. The van der Waals surface area contributed by atoms with Gasteiger partial charge in [0.15, 0.2) is 0 Å². The van der Waals surface area contributed by atoms with Crippen LogP contribution in [0.1, 0.15) is 58.5 Å². The number of benzene rings is 2. The standard InChI is InChI=1S/C31H35BrN4O2/c1-5-27(35(18-9-17-34(3)4)30(37)24-12-14-25(32)15-13-24)29-26(21-23-10-7-6-8-11-23)31(38)36-19-16-22(2)20-28(36)33-29/h6-8,10-16,19-20,27H,5,9,17-18,21H2,1-4H3. The van der Waals surface area contributed by atoms with Crippen LogP contribution < -0.4 is 5.56 Å². The number of hydrogen-bond acceptors (Lipinski definition) is 4. The number of pyridine rings is 1. The van der Waals surface area contributed by atoms with E-state index in [1.165, 1.54) is 0 Å². The zero-order valence-electron chi connectivity index (χ0n) is 22.5. The fraction of sp³-hybridized carbons (Fsp3) is 0.323. The van der Waals surface area contributed by atoms with Crippen molar-refractivity contribution in [1.82, 2.24) is 19.2 Å². The highest BCUT2D eigenvalue weighted by Gasteiger charge is 2.29. The van der Waals surface area contributed by atoms with Crippen molar-refractivity contribution in [1.29, 1.82) is 0 Å². The van der Waals surface area contributed by atoms with Crippen LogP contribution in [0, 0.1) is 6.92 Å². The summed E-state index contributed by atoms with van der Waals surface area (Å²) >= 11 is 3.47. The van der Waals surface area contributed by atoms with Gasteiger partial charge in [0.1, 0.15) is 5.65 Å². The summed E-state index contributed by atoms with van der Waals surface area (Å²) < 4.78 is 2.54. The van der Waals surface area contributed by atoms with Gasteiger partial charge in [0.25, 0.3) is 11.5 Å². The summed E-state index contributed by atoms with van der Waals surface area (Å²) in [4.78, 5) is 37.0. The van der Waals surface area contributed by atoms with Crippen molar-refractivity contribution >= 4 is 27.5 Å². The Kier molecular flexibility index (Phi) is 9.13. The fourth-order valence-corrected chi connectivity index (χ4v) is 5.08. The van der Waals surface area contributed by atoms with Gasteiger partial charge in [-0.2, -0.15) is 0 Å². The number of rotatable bonds is 10. The molecule has 0 spiro atoms. The number of fused-ring (bicyclic) bond motifs is 1. The van der Waals surface area contributed by atoms with Gasteiger partial charge >= 0.3 is 0 Å². The summed E-state index contributed by atoms with van der Waals surface area (Å²) in [6.07, 6.45) is 3.69. The Morgan fingerprint density at radius 2 is 1.74 bits per heavy atom. The molecular formula is C31H35BrN4O2. The highest BCUT2D eigenvalue weighted by molar-refractivity contribution is 9.10. The Hall–Kier alpha value is -3.29. The zero-order valence-corrected chi connectivity index (χ0v) is 24.1. The number of amides is 1. The number of aromatic nitrogens is 2. The molecule has 2 heterocycles. The first-order chi connectivity index (χ1) is 18.3. The molecule has 0 aliphatic rings. The molecule has 0 fully saturated rings. The van der Waals surface area contributed by atoms with E-state index in [1.54, 1.807) is 10.6 Å². The minimum absolute atomic E-state index is 0.0555. The molecule has 7 heteroatoms. The maximum absolute atomic E-state index is 14.0. The molecule has 0 saturated carbocycles. The van der Waals surface area contributed by atoms with Gasteiger partial charge in [-0.15, -0.1) is 0 Å². The van der Waals surface area contributed by atoms with Crippen LogP contribution in [0.5, 0.6) is 0 Å². The van der Waals surface area contributed by atoms with E-state index in [2.05, 4.69) is 27.8 Å². The van der Waals surface area contributed by atoms with Crippen LogP contribution in [-0.2, 0) is 6.42 Å². The summed E-state index contributed by atoms with van der Waals surface area (Å²) in [7, 11) is 4.06. The van der Waals surface area contributed by atoms with Crippen molar-refractivity contribution in [3.05, 3.63) is 116 Å². The predicted molar refractivity (Wildman–Crippen MR) is 157 cm³/mol. The van der Waals surface area contributed by atoms with Crippen molar-refractivity contribution in [2.45, 2.75) is 39.2 Å². The van der Waals surface area contributed by atoms with Gasteiger partial charge in [0.2, 0.25) is 0 Å². The van der Waals surface area contributed by atoms with Crippen LogP contribution in [0.3, 0.4) is 0 Å². The second kappa shape index (κ2) is 12.5. The molecule has 0 N–H and O–H groups in total. The highest BCUT2D eigenvalue weighted by atomic mass is 79.9. The molecule has 38 heavy (non-hydrogen) atoms. The third-order valence-electron chi connectivity index (χ3n) is 6.77. The van der Waals surface area contributed by atoms with Gasteiger partial charge in [-0.3, -0.25) is 14.0 Å². The molecule has 198 valence electrons. The first-order valence-electron chi connectivity index (χ1n) is 13.1. The second-order valence-corrected chi connectivity index (χ2v) is 10.9. The summed E-state index contributed by atoms with van der Waals surface area (Å²) in [5.41, 5.74) is 4.51. The van der Waals surface area contributed by atoms with E-state index in [9.17, 15) is 9.59 Å². The molecule has 2 aromatic carbocycles. The molecule has 1 atom stereocenters. The number of carbonyl (C=O) groups is 1. The second-order valence-electron chi connectivity index (χ2n) is 9.96. The smallest absolute Gasteiger partial charge is 0.261 e. The molecule has 1 amide bonds. The predicted octanol–water partition coefficient (Wildman–Crippen LogP) is 5.90. The fourth-order valence-electron chi connectivity index (χ4n) is 4.81. The molecule has 2 aromatic heterocycles. The molecule has 0 aliphatic heterocycles. The average molecular weight is 576 g/mol. The lowest BCUT2D eigenvalue weighted by Gasteiger charge is -2.33. The van der Waals surface area contributed by atoms with Crippen LogP contribution in [0.15, 0.2) is 82.2 Å². The lowest BCUT2D eigenvalue weighted by atomic mass is 9.97. The monoisotopic (exact) mass is 574 g/mol. The summed E-state index contributed by atoms with van der Waals surface area (Å²) in [6.45, 7) is 5.46. The lowest BCUT2D eigenvalue weighted by molar-refractivity contribution is 0.0658. The SMILES string of the molecule is CCC(c1nc2cc(C)ccn2c(=O)c1Cc1ccccc1)N(CCCN(C)C)C(=O)c1ccc(Br)cc1. The van der Waals surface area contributed by atoms with Crippen LogP contribution in [0.4, 0.5) is 0 Å². The molecular weight excluding hydrogens is 540 g/mol. The number of nitrogens with zero attached hydrogens (tertiary/aromatic N) is 4. The van der Waals surface area contributed by atoms with E-state index >= 15 is 0 Å². The maximum Gasteiger partial charge on any atom is 0.261 e. The van der Waals surface area contributed by atoms with Gasteiger partial charge < -0.3 is 9.80 Å². The van der Waals surface area contributed by atoms with E-state index in [0.717, 1.165) is 28.6 Å². The quantitative estimate of drug-likeness (QED) is 0.236. The molecule has 1 unspecified atom stereocenters. The van der Waals surface area contributed by atoms with Crippen molar-refractivity contribution in [2.75, 3.05) is 27.2 Å². The van der Waals surface area contributed by atoms with Crippen LogP contribution in [0.2, 0.25) is 0 Å².